The third-order valence-electron chi connectivity index (χ3n) is 2.89. The van der Waals surface area contributed by atoms with Crippen molar-refractivity contribution in [2.75, 3.05) is 18.5 Å². The van der Waals surface area contributed by atoms with E-state index < -0.39 is 0 Å². The van der Waals surface area contributed by atoms with Crippen LogP contribution in [0.25, 0.3) is 0 Å². The van der Waals surface area contributed by atoms with Gasteiger partial charge in [-0.1, -0.05) is 27.5 Å². The standard InChI is InChI=1S/C11H13BrClNO/c12-7-11(2-4-15-8-11)5-9-1-3-14-6-10(9)13/h1,3,6H,2,4-5,7-8H2. The number of hydrogen-bond donors (Lipinski definition) is 0. The van der Waals surface area contributed by atoms with Crippen LogP contribution >= 0.6 is 27.5 Å². The Labute approximate surface area is 103 Å². The maximum absolute atomic E-state index is 6.10. The van der Waals surface area contributed by atoms with Crippen LogP contribution in [0.2, 0.25) is 5.02 Å². The molecule has 0 spiro atoms. The number of pyridine rings is 1. The van der Waals surface area contributed by atoms with Gasteiger partial charge < -0.3 is 4.74 Å². The van der Waals surface area contributed by atoms with Crippen LogP contribution in [0.4, 0.5) is 0 Å². The summed E-state index contributed by atoms with van der Waals surface area (Å²) in [6.45, 7) is 1.67. The Bertz CT molecular complexity index is 339. The molecule has 0 saturated carbocycles. The lowest BCUT2D eigenvalue weighted by Gasteiger charge is -2.25. The van der Waals surface area contributed by atoms with Gasteiger partial charge in [0.25, 0.3) is 0 Å². The lowest BCUT2D eigenvalue weighted by molar-refractivity contribution is 0.162. The zero-order valence-electron chi connectivity index (χ0n) is 8.38. The SMILES string of the molecule is Clc1cnccc1CC1(CBr)CCOC1. The second-order valence-electron chi connectivity index (χ2n) is 4.08. The summed E-state index contributed by atoms with van der Waals surface area (Å²) in [5, 5.41) is 1.71. The molecule has 1 aliphatic heterocycles. The molecule has 82 valence electrons. The molecule has 0 radical (unpaired) electrons. The Hall–Kier alpha value is -0.120. The van der Waals surface area contributed by atoms with Gasteiger partial charge in [-0.25, -0.2) is 0 Å². The lowest BCUT2D eigenvalue weighted by Crippen LogP contribution is -2.26. The Morgan fingerprint density at radius 2 is 2.47 bits per heavy atom. The van der Waals surface area contributed by atoms with Crippen molar-refractivity contribution in [2.45, 2.75) is 12.8 Å². The smallest absolute Gasteiger partial charge is 0.0621 e. The Balaban J connectivity index is 2.16. The van der Waals surface area contributed by atoms with Gasteiger partial charge in [0.2, 0.25) is 0 Å². The number of rotatable bonds is 3. The van der Waals surface area contributed by atoms with Gasteiger partial charge in [0, 0.05) is 29.7 Å². The van der Waals surface area contributed by atoms with Crippen molar-refractivity contribution in [3.05, 3.63) is 29.0 Å². The Morgan fingerprint density at radius 3 is 3.07 bits per heavy atom. The topological polar surface area (TPSA) is 22.1 Å². The molecule has 1 atom stereocenters. The first kappa shape index (κ1) is 11.4. The summed E-state index contributed by atoms with van der Waals surface area (Å²) in [5.74, 6) is 0. The van der Waals surface area contributed by atoms with Gasteiger partial charge in [-0.3, -0.25) is 4.98 Å². The van der Waals surface area contributed by atoms with E-state index in [1.807, 2.05) is 6.07 Å². The van der Waals surface area contributed by atoms with Gasteiger partial charge in [0.15, 0.2) is 0 Å². The van der Waals surface area contributed by atoms with E-state index in [1.165, 1.54) is 0 Å². The van der Waals surface area contributed by atoms with E-state index >= 15 is 0 Å². The van der Waals surface area contributed by atoms with Crippen LogP contribution in [-0.4, -0.2) is 23.5 Å². The second kappa shape index (κ2) is 4.81. The molecule has 1 aromatic rings. The van der Waals surface area contributed by atoms with Crippen LogP contribution in [0.5, 0.6) is 0 Å². The van der Waals surface area contributed by atoms with Crippen molar-refractivity contribution in [3.63, 3.8) is 0 Å². The van der Waals surface area contributed by atoms with Crippen LogP contribution in [0.1, 0.15) is 12.0 Å². The van der Waals surface area contributed by atoms with Gasteiger partial charge in [-0.05, 0) is 24.5 Å². The van der Waals surface area contributed by atoms with Crippen LogP contribution in [-0.2, 0) is 11.2 Å². The van der Waals surface area contributed by atoms with Gasteiger partial charge in [0.05, 0.1) is 11.6 Å². The molecule has 15 heavy (non-hydrogen) atoms. The van der Waals surface area contributed by atoms with E-state index in [9.17, 15) is 0 Å². The van der Waals surface area contributed by atoms with Gasteiger partial charge in [-0.2, -0.15) is 0 Å². The molecule has 2 heterocycles. The highest BCUT2D eigenvalue weighted by atomic mass is 79.9. The average molecular weight is 291 g/mol. The molecule has 0 N–H and O–H groups in total. The fourth-order valence-corrected chi connectivity index (χ4v) is 2.72. The van der Waals surface area contributed by atoms with E-state index in [0.717, 1.165) is 42.0 Å². The van der Waals surface area contributed by atoms with Crippen LogP contribution in [0.15, 0.2) is 18.5 Å². The second-order valence-corrected chi connectivity index (χ2v) is 5.05. The summed E-state index contributed by atoms with van der Waals surface area (Å²) in [7, 11) is 0. The number of aromatic nitrogens is 1. The zero-order chi connectivity index (χ0) is 10.7. The molecule has 0 aromatic carbocycles. The average Bonchev–Trinajstić information content (AvgIpc) is 2.71. The molecule has 4 heteroatoms. The maximum atomic E-state index is 6.10. The molecule has 1 unspecified atom stereocenters. The monoisotopic (exact) mass is 289 g/mol. The number of hydrogen-bond acceptors (Lipinski definition) is 2. The Kier molecular flexibility index (Phi) is 3.65. The lowest BCUT2D eigenvalue weighted by atomic mass is 9.83. The van der Waals surface area contributed by atoms with Crippen molar-refractivity contribution < 1.29 is 4.74 Å². The normalized spacial score (nSPS) is 25.7. The minimum Gasteiger partial charge on any atom is -0.381 e. The molecule has 0 aliphatic carbocycles. The molecule has 2 rings (SSSR count). The fourth-order valence-electron chi connectivity index (χ4n) is 1.89. The first-order chi connectivity index (χ1) is 7.26. The number of ether oxygens (including phenoxy) is 1. The number of halogens is 2. The van der Waals surface area contributed by atoms with Crippen molar-refractivity contribution in [1.82, 2.24) is 4.98 Å². The number of alkyl halides is 1. The van der Waals surface area contributed by atoms with Crippen LogP contribution in [0.3, 0.4) is 0 Å². The highest BCUT2D eigenvalue weighted by molar-refractivity contribution is 9.09. The molecule has 0 amide bonds. The Morgan fingerprint density at radius 1 is 1.60 bits per heavy atom. The molecular formula is C11H13BrClNO. The highest BCUT2D eigenvalue weighted by Gasteiger charge is 2.34. The molecule has 0 bridgehead atoms. The summed E-state index contributed by atoms with van der Waals surface area (Å²) in [5.41, 5.74) is 1.38. The van der Waals surface area contributed by atoms with Gasteiger partial charge in [-0.15, -0.1) is 0 Å². The van der Waals surface area contributed by atoms with E-state index in [2.05, 4.69) is 20.9 Å². The van der Waals surface area contributed by atoms with Crippen LogP contribution in [0, 0.1) is 5.41 Å². The maximum Gasteiger partial charge on any atom is 0.0621 e. The quantitative estimate of drug-likeness (QED) is 0.798. The first-order valence-corrected chi connectivity index (χ1v) is 6.48. The van der Waals surface area contributed by atoms with E-state index in [4.69, 9.17) is 16.3 Å². The van der Waals surface area contributed by atoms with Crippen LogP contribution < -0.4 is 0 Å². The summed E-state index contributed by atoms with van der Waals surface area (Å²) in [6, 6.07) is 1.99. The molecule has 1 saturated heterocycles. The van der Waals surface area contributed by atoms with E-state index in [0.29, 0.717) is 0 Å². The van der Waals surface area contributed by atoms with Crippen molar-refractivity contribution >= 4 is 27.5 Å². The summed E-state index contributed by atoms with van der Waals surface area (Å²) < 4.78 is 5.47. The first-order valence-electron chi connectivity index (χ1n) is 4.98. The molecule has 1 fully saturated rings. The van der Waals surface area contributed by atoms with Gasteiger partial charge >= 0.3 is 0 Å². The van der Waals surface area contributed by atoms with Crippen molar-refractivity contribution in [3.8, 4) is 0 Å². The minimum atomic E-state index is 0.213. The molecular weight excluding hydrogens is 277 g/mol. The summed E-state index contributed by atoms with van der Waals surface area (Å²) in [6.07, 6.45) is 5.55. The van der Waals surface area contributed by atoms with Crippen molar-refractivity contribution in [2.24, 2.45) is 5.41 Å². The van der Waals surface area contributed by atoms with Gasteiger partial charge in [0.1, 0.15) is 0 Å². The molecule has 1 aliphatic rings. The fraction of sp³-hybridized carbons (Fsp3) is 0.545. The minimum absolute atomic E-state index is 0.213. The van der Waals surface area contributed by atoms with E-state index in [-0.39, 0.29) is 5.41 Å². The summed E-state index contributed by atoms with van der Waals surface area (Å²) in [4.78, 5) is 3.99. The summed E-state index contributed by atoms with van der Waals surface area (Å²) >= 11 is 9.68. The zero-order valence-corrected chi connectivity index (χ0v) is 10.7. The third-order valence-corrected chi connectivity index (χ3v) is 4.42. The molecule has 1 aromatic heterocycles. The number of nitrogens with zero attached hydrogens (tertiary/aromatic N) is 1. The van der Waals surface area contributed by atoms with Crippen molar-refractivity contribution in [1.29, 1.82) is 0 Å². The largest absolute Gasteiger partial charge is 0.381 e. The predicted octanol–water partition coefficient (Wildman–Crippen LogP) is 3.08. The molecule has 2 nitrogen and oxygen atoms in total. The highest BCUT2D eigenvalue weighted by Crippen LogP contribution is 2.35. The van der Waals surface area contributed by atoms with E-state index in [1.54, 1.807) is 12.4 Å². The predicted molar refractivity (Wildman–Crippen MR) is 64.6 cm³/mol. The third kappa shape index (κ3) is 2.52.